The fourth-order valence-corrected chi connectivity index (χ4v) is 1.33. The zero-order valence-electron chi connectivity index (χ0n) is 9.34. The lowest BCUT2D eigenvalue weighted by molar-refractivity contribution is -0.118. The number of carbonyl (C=O) groups is 1. The Hall–Kier alpha value is -1.62. The summed E-state index contributed by atoms with van der Waals surface area (Å²) in [4.78, 5) is 10.9. The maximum atomic E-state index is 13.3. The molecule has 1 heterocycles. The predicted molar refractivity (Wildman–Crippen MR) is 59.8 cm³/mol. The SMILES string of the molecule is CC.NCc1cc(F)c2c(c1)NC(=O)CO2. The number of carbonyl (C=O) groups excluding carboxylic acids is 1. The summed E-state index contributed by atoms with van der Waals surface area (Å²) < 4.78 is 18.3. The molecule has 2 rings (SSSR count). The molecule has 5 heteroatoms. The van der Waals surface area contributed by atoms with E-state index < -0.39 is 5.82 Å². The first-order valence-electron chi connectivity index (χ1n) is 5.16. The van der Waals surface area contributed by atoms with Crippen LogP contribution in [-0.4, -0.2) is 12.5 Å². The van der Waals surface area contributed by atoms with Gasteiger partial charge < -0.3 is 15.8 Å². The van der Waals surface area contributed by atoms with Crippen molar-refractivity contribution in [3.8, 4) is 5.75 Å². The number of ether oxygens (including phenoxy) is 1. The Kier molecular flexibility index (Phi) is 4.25. The van der Waals surface area contributed by atoms with Crippen LogP contribution in [0, 0.1) is 5.82 Å². The number of hydrogen-bond acceptors (Lipinski definition) is 3. The summed E-state index contributed by atoms with van der Waals surface area (Å²) >= 11 is 0. The van der Waals surface area contributed by atoms with Gasteiger partial charge in [0.05, 0.1) is 5.69 Å². The number of rotatable bonds is 1. The fraction of sp³-hybridized carbons (Fsp3) is 0.364. The van der Waals surface area contributed by atoms with Crippen molar-refractivity contribution in [1.29, 1.82) is 0 Å². The Balaban J connectivity index is 0.000000606. The minimum Gasteiger partial charge on any atom is -0.478 e. The number of nitrogens with two attached hydrogens (primary N) is 1. The van der Waals surface area contributed by atoms with E-state index in [9.17, 15) is 9.18 Å². The molecular weight excluding hydrogens is 211 g/mol. The van der Waals surface area contributed by atoms with E-state index in [0.29, 0.717) is 11.3 Å². The number of halogens is 1. The molecule has 0 saturated carbocycles. The van der Waals surface area contributed by atoms with Crippen molar-refractivity contribution in [3.05, 3.63) is 23.5 Å². The van der Waals surface area contributed by atoms with E-state index in [2.05, 4.69) is 5.32 Å². The third kappa shape index (κ3) is 2.49. The number of fused-ring (bicyclic) bond motifs is 1. The molecule has 0 fully saturated rings. The molecule has 1 aromatic rings. The summed E-state index contributed by atoms with van der Waals surface area (Å²) in [6, 6.07) is 2.91. The molecule has 0 unspecified atom stereocenters. The predicted octanol–water partition coefficient (Wildman–Crippen LogP) is 1.64. The largest absolute Gasteiger partial charge is 0.478 e. The monoisotopic (exact) mass is 226 g/mol. The molecule has 1 aliphatic heterocycles. The molecule has 4 nitrogen and oxygen atoms in total. The van der Waals surface area contributed by atoms with Crippen LogP contribution in [0.25, 0.3) is 0 Å². The van der Waals surface area contributed by atoms with Crippen molar-refractivity contribution in [2.24, 2.45) is 5.73 Å². The summed E-state index contributed by atoms with van der Waals surface area (Å²) in [5.41, 5.74) is 6.33. The first-order valence-corrected chi connectivity index (χ1v) is 5.16. The molecule has 0 bridgehead atoms. The minimum atomic E-state index is -0.497. The number of nitrogens with one attached hydrogen (secondary N) is 1. The molecule has 0 saturated heterocycles. The Morgan fingerprint density at radius 1 is 1.50 bits per heavy atom. The van der Waals surface area contributed by atoms with E-state index >= 15 is 0 Å². The quantitative estimate of drug-likeness (QED) is 0.765. The van der Waals surface area contributed by atoms with E-state index in [1.807, 2.05) is 13.8 Å². The minimum absolute atomic E-state index is 0.0850. The van der Waals surface area contributed by atoms with Gasteiger partial charge in [-0.2, -0.15) is 0 Å². The van der Waals surface area contributed by atoms with Gasteiger partial charge in [-0.25, -0.2) is 4.39 Å². The molecule has 88 valence electrons. The van der Waals surface area contributed by atoms with Gasteiger partial charge in [0.25, 0.3) is 5.91 Å². The highest BCUT2D eigenvalue weighted by atomic mass is 19.1. The van der Waals surface area contributed by atoms with Crippen LogP contribution in [0.3, 0.4) is 0 Å². The van der Waals surface area contributed by atoms with Crippen molar-refractivity contribution >= 4 is 11.6 Å². The van der Waals surface area contributed by atoms with Crippen LogP contribution >= 0.6 is 0 Å². The third-order valence-electron chi connectivity index (χ3n) is 1.96. The molecule has 0 atom stereocenters. The van der Waals surface area contributed by atoms with Crippen molar-refractivity contribution in [2.45, 2.75) is 20.4 Å². The highest BCUT2D eigenvalue weighted by Gasteiger charge is 2.20. The summed E-state index contributed by atoms with van der Waals surface area (Å²) in [7, 11) is 0. The first kappa shape index (κ1) is 12.4. The van der Waals surface area contributed by atoms with Crippen LogP contribution < -0.4 is 15.8 Å². The number of benzene rings is 1. The van der Waals surface area contributed by atoms with Gasteiger partial charge in [-0.05, 0) is 17.7 Å². The van der Waals surface area contributed by atoms with Gasteiger partial charge >= 0.3 is 0 Å². The highest BCUT2D eigenvalue weighted by molar-refractivity contribution is 5.95. The van der Waals surface area contributed by atoms with Gasteiger partial charge in [-0.3, -0.25) is 4.79 Å². The van der Waals surface area contributed by atoms with E-state index in [1.54, 1.807) is 6.07 Å². The summed E-state index contributed by atoms with van der Waals surface area (Å²) in [6.07, 6.45) is 0. The van der Waals surface area contributed by atoms with Crippen LogP contribution in [0.1, 0.15) is 19.4 Å². The van der Waals surface area contributed by atoms with Crippen LogP contribution in [-0.2, 0) is 11.3 Å². The second-order valence-corrected chi connectivity index (χ2v) is 3.00. The van der Waals surface area contributed by atoms with Gasteiger partial charge in [0.15, 0.2) is 18.2 Å². The topological polar surface area (TPSA) is 64.3 Å². The Morgan fingerprint density at radius 2 is 2.19 bits per heavy atom. The molecular formula is C11H15FN2O2. The lowest BCUT2D eigenvalue weighted by atomic mass is 10.1. The molecule has 0 radical (unpaired) electrons. The molecule has 0 spiro atoms. The summed E-state index contributed by atoms with van der Waals surface area (Å²) in [6.45, 7) is 4.08. The zero-order chi connectivity index (χ0) is 12.1. The van der Waals surface area contributed by atoms with E-state index in [0.717, 1.165) is 0 Å². The summed E-state index contributed by atoms with van der Waals surface area (Å²) in [5.74, 6) is -0.698. The van der Waals surface area contributed by atoms with Gasteiger partial charge in [-0.1, -0.05) is 13.8 Å². The molecule has 1 aliphatic rings. The van der Waals surface area contributed by atoms with Crippen LogP contribution in [0.5, 0.6) is 5.75 Å². The van der Waals surface area contributed by atoms with Crippen LogP contribution in [0.15, 0.2) is 12.1 Å². The molecule has 0 aliphatic carbocycles. The van der Waals surface area contributed by atoms with E-state index in [1.165, 1.54) is 6.07 Å². The molecule has 1 aromatic carbocycles. The van der Waals surface area contributed by atoms with E-state index in [-0.39, 0.29) is 24.8 Å². The van der Waals surface area contributed by atoms with Gasteiger partial charge in [0.1, 0.15) is 0 Å². The maximum Gasteiger partial charge on any atom is 0.262 e. The van der Waals surface area contributed by atoms with Crippen LogP contribution in [0.4, 0.5) is 10.1 Å². The Bertz CT molecular complexity index is 394. The second-order valence-electron chi connectivity index (χ2n) is 3.00. The van der Waals surface area contributed by atoms with Crippen molar-refractivity contribution < 1.29 is 13.9 Å². The fourth-order valence-electron chi connectivity index (χ4n) is 1.33. The third-order valence-corrected chi connectivity index (χ3v) is 1.96. The standard InChI is InChI=1S/C9H9FN2O2.C2H6/c10-6-1-5(3-11)2-7-9(6)14-4-8(13)12-7;1-2/h1-2H,3-4,11H2,(H,12,13);1-2H3. The van der Waals surface area contributed by atoms with Crippen LogP contribution in [0.2, 0.25) is 0 Å². The summed E-state index contributed by atoms with van der Waals surface area (Å²) in [5, 5.41) is 2.52. The highest BCUT2D eigenvalue weighted by Crippen LogP contribution is 2.31. The average molecular weight is 226 g/mol. The smallest absolute Gasteiger partial charge is 0.262 e. The average Bonchev–Trinajstić information content (AvgIpc) is 2.30. The number of hydrogen-bond donors (Lipinski definition) is 2. The first-order chi connectivity index (χ1) is 7.70. The van der Waals surface area contributed by atoms with Crippen molar-refractivity contribution in [2.75, 3.05) is 11.9 Å². The maximum absolute atomic E-state index is 13.3. The van der Waals surface area contributed by atoms with Gasteiger partial charge in [0.2, 0.25) is 0 Å². The Labute approximate surface area is 93.6 Å². The van der Waals surface area contributed by atoms with Crippen molar-refractivity contribution in [1.82, 2.24) is 0 Å². The number of amides is 1. The molecule has 3 N–H and O–H groups in total. The second kappa shape index (κ2) is 5.46. The molecule has 1 amide bonds. The lowest BCUT2D eigenvalue weighted by Gasteiger charge is -2.18. The molecule has 16 heavy (non-hydrogen) atoms. The van der Waals surface area contributed by atoms with Gasteiger partial charge in [0, 0.05) is 6.54 Å². The lowest BCUT2D eigenvalue weighted by Crippen LogP contribution is -2.26. The van der Waals surface area contributed by atoms with E-state index in [4.69, 9.17) is 10.5 Å². The van der Waals surface area contributed by atoms with Gasteiger partial charge in [-0.15, -0.1) is 0 Å². The normalized spacial score (nSPS) is 12.9. The molecule has 0 aromatic heterocycles. The zero-order valence-corrected chi connectivity index (χ0v) is 9.34. The number of anilines is 1. The Morgan fingerprint density at radius 3 is 2.81 bits per heavy atom. The van der Waals surface area contributed by atoms with Crippen molar-refractivity contribution in [3.63, 3.8) is 0 Å².